The molecule has 178 valence electrons. The van der Waals surface area contributed by atoms with Gasteiger partial charge in [0.2, 0.25) is 0 Å². The lowest BCUT2D eigenvalue weighted by molar-refractivity contribution is -0.159. The van der Waals surface area contributed by atoms with E-state index in [1.165, 1.54) is 22.3 Å². The number of aryl methyl sites for hydroxylation is 1. The van der Waals surface area contributed by atoms with E-state index in [9.17, 15) is 0 Å². The molecule has 1 heterocycles. The smallest absolute Gasteiger partial charge is 0.414 e. The molecule has 0 spiro atoms. The van der Waals surface area contributed by atoms with Crippen LogP contribution in [0.2, 0.25) is 0 Å². The van der Waals surface area contributed by atoms with Gasteiger partial charge in [0, 0.05) is 32.7 Å². The van der Waals surface area contributed by atoms with Crippen molar-refractivity contribution in [2.24, 2.45) is 0 Å². The Labute approximate surface area is 201 Å². The van der Waals surface area contributed by atoms with Crippen LogP contribution in [0.4, 0.5) is 0 Å². The molecule has 1 aliphatic rings. The maximum atomic E-state index is 9.10. The summed E-state index contributed by atoms with van der Waals surface area (Å²) in [4.78, 5) is 23.4. The normalized spacial score (nSPS) is 14.3. The van der Waals surface area contributed by atoms with Crippen molar-refractivity contribution in [3.05, 3.63) is 107 Å². The van der Waals surface area contributed by atoms with Gasteiger partial charge in [0.1, 0.15) is 0 Å². The standard InChI is InChI=1S/C26H30N2.C2H2O4/c1-2-22-13-15-23(16-14-22)21-27-17-19-28(20-18-27)26(24-9-5-3-6-10-24)25-11-7-4-8-12-25;3-1(4)2(5)6/h3-16,26H,2,17-21H2,1H3;(H,3,4)(H,5,6). The molecule has 1 fully saturated rings. The van der Waals surface area contributed by atoms with Crippen LogP contribution in [0.3, 0.4) is 0 Å². The topological polar surface area (TPSA) is 81.1 Å². The van der Waals surface area contributed by atoms with E-state index in [4.69, 9.17) is 19.8 Å². The number of hydrogen-bond acceptors (Lipinski definition) is 4. The second-order valence-corrected chi connectivity index (χ2v) is 8.32. The van der Waals surface area contributed by atoms with Crippen molar-refractivity contribution >= 4 is 11.9 Å². The summed E-state index contributed by atoms with van der Waals surface area (Å²) in [6.45, 7) is 7.70. The molecule has 2 N–H and O–H groups in total. The maximum Gasteiger partial charge on any atom is 0.414 e. The van der Waals surface area contributed by atoms with Gasteiger partial charge in [0.15, 0.2) is 0 Å². The van der Waals surface area contributed by atoms with Crippen LogP contribution in [0.1, 0.15) is 35.2 Å². The van der Waals surface area contributed by atoms with Crippen LogP contribution in [0.5, 0.6) is 0 Å². The van der Waals surface area contributed by atoms with E-state index in [0.29, 0.717) is 6.04 Å². The number of piperazine rings is 1. The minimum absolute atomic E-state index is 0.341. The van der Waals surface area contributed by atoms with Crippen LogP contribution in [-0.2, 0) is 22.6 Å². The molecule has 3 aromatic rings. The fourth-order valence-electron chi connectivity index (χ4n) is 4.20. The first-order chi connectivity index (χ1) is 16.5. The molecule has 3 aromatic carbocycles. The van der Waals surface area contributed by atoms with Crippen molar-refractivity contribution in [2.75, 3.05) is 26.2 Å². The Bertz CT molecular complexity index is 980. The van der Waals surface area contributed by atoms with Gasteiger partial charge in [-0.2, -0.15) is 0 Å². The monoisotopic (exact) mass is 460 g/mol. The molecule has 1 aliphatic heterocycles. The highest BCUT2D eigenvalue weighted by atomic mass is 16.4. The highest BCUT2D eigenvalue weighted by Crippen LogP contribution is 2.29. The average Bonchev–Trinajstić information content (AvgIpc) is 2.87. The van der Waals surface area contributed by atoms with Gasteiger partial charge < -0.3 is 10.2 Å². The fourth-order valence-corrected chi connectivity index (χ4v) is 4.20. The van der Waals surface area contributed by atoms with Crippen molar-refractivity contribution in [2.45, 2.75) is 25.9 Å². The number of carbonyl (C=O) groups is 2. The van der Waals surface area contributed by atoms with Crippen molar-refractivity contribution in [1.82, 2.24) is 9.80 Å². The van der Waals surface area contributed by atoms with E-state index in [2.05, 4.69) is 102 Å². The van der Waals surface area contributed by atoms with Gasteiger partial charge in [-0.05, 0) is 28.7 Å². The zero-order chi connectivity index (χ0) is 24.3. The SMILES string of the molecule is CCc1ccc(CN2CCN(C(c3ccccc3)c3ccccc3)CC2)cc1.O=C(O)C(=O)O. The molecule has 1 saturated heterocycles. The summed E-state index contributed by atoms with van der Waals surface area (Å²) < 4.78 is 0. The molecular formula is C28H32N2O4. The first kappa shape index (κ1) is 25.1. The number of benzene rings is 3. The molecule has 0 radical (unpaired) electrons. The minimum atomic E-state index is -1.82. The summed E-state index contributed by atoms with van der Waals surface area (Å²) in [6.07, 6.45) is 1.11. The highest BCUT2D eigenvalue weighted by molar-refractivity contribution is 6.27. The molecule has 0 atom stereocenters. The van der Waals surface area contributed by atoms with Gasteiger partial charge in [0.25, 0.3) is 0 Å². The quantitative estimate of drug-likeness (QED) is 0.534. The second-order valence-electron chi connectivity index (χ2n) is 8.32. The third kappa shape index (κ3) is 7.27. The number of nitrogens with zero attached hydrogens (tertiary/aromatic N) is 2. The van der Waals surface area contributed by atoms with E-state index in [0.717, 1.165) is 39.1 Å². The molecule has 0 saturated carbocycles. The third-order valence-corrected chi connectivity index (χ3v) is 6.02. The Morgan fingerprint density at radius 3 is 1.56 bits per heavy atom. The lowest BCUT2D eigenvalue weighted by Crippen LogP contribution is -2.47. The Kier molecular flexibility index (Phi) is 9.38. The summed E-state index contributed by atoms with van der Waals surface area (Å²) in [6, 6.07) is 31.3. The zero-order valence-corrected chi connectivity index (χ0v) is 19.5. The number of rotatable bonds is 6. The second kappa shape index (κ2) is 12.7. The van der Waals surface area contributed by atoms with Crippen LogP contribution in [0.15, 0.2) is 84.9 Å². The van der Waals surface area contributed by atoms with Gasteiger partial charge >= 0.3 is 11.9 Å². The van der Waals surface area contributed by atoms with E-state index < -0.39 is 11.9 Å². The molecule has 6 heteroatoms. The fraction of sp³-hybridized carbons (Fsp3) is 0.286. The lowest BCUT2D eigenvalue weighted by atomic mass is 9.96. The van der Waals surface area contributed by atoms with Gasteiger partial charge in [-0.1, -0.05) is 91.9 Å². The first-order valence-electron chi connectivity index (χ1n) is 11.6. The molecular weight excluding hydrogens is 428 g/mol. The first-order valence-corrected chi connectivity index (χ1v) is 11.6. The van der Waals surface area contributed by atoms with Crippen LogP contribution >= 0.6 is 0 Å². The maximum absolute atomic E-state index is 9.10. The Morgan fingerprint density at radius 2 is 1.15 bits per heavy atom. The van der Waals surface area contributed by atoms with Crippen molar-refractivity contribution < 1.29 is 19.8 Å². The number of carboxylic acid groups (broad SMARTS) is 2. The Morgan fingerprint density at radius 1 is 0.706 bits per heavy atom. The van der Waals surface area contributed by atoms with Gasteiger partial charge in [0.05, 0.1) is 6.04 Å². The largest absolute Gasteiger partial charge is 0.473 e. The molecule has 0 unspecified atom stereocenters. The molecule has 0 bridgehead atoms. The summed E-state index contributed by atoms with van der Waals surface area (Å²) in [5.41, 5.74) is 5.62. The van der Waals surface area contributed by atoms with Gasteiger partial charge in [-0.3, -0.25) is 9.80 Å². The summed E-state index contributed by atoms with van der Waals surface area (Å²) in [5.74, 6) is -3.65. The van der Waals surface area contributed by atoms with Crippen LogP contribution < -0.4 is 0 Å². The molecule has 4 rings (SSSR count). The predicted molar refractivity (Wildman–Crippen MR) is 133 cm³/mol. The molecule has 6 nitrogen and oxygen atoms in total. The Balaban J connectivity index is 0.000000481. The predicted octanol–water partition coefficient (Wildman–Crippen LogP) is 4.31. The van der Waals surface area contributed by atoms with E-state index >= 15 is 0 Å². The third-order valence-electron chi connectivity index (χ3n) is 6.02. The Hall–Kier alpha value is -3.48. The van der Waals surface area contributed by atoms with Crippen LogP contribution in [-0.4, -0.2) is 58.1 Å². The minimum Gasteiger partial charge on any atom is -0.473 e. The van der Waals surface area contributed by atoms with Gasteiger partial charge in [-0.25, -0.2) is 9.59 Å². The molecule has 34 heavy (non-hydrogen) atoms. The van der Waals surface area contributed by atoms with Crippen molar-refractivity contribution in [1.29, 1.82) is 0 Å². The number of carboxylic acids is 2. The van der Waals surface area contributed by atoms with E-state index in [-0.39, 0.29) is 0 Å². The summed E-state index contributed by atoms with van der Waals surface area (Å²) in [5, 5.41) is 14.8. The van der Waals surface area contributed by atoms with Crippen LogP contribution in [0, 0.1) is 0 Å². The number of aliphatic carboxylic acids is 2. The zero-order valence-electron chi connectivity index (χ0n) is 19.5. The van der Waals surface area contributed by atoms with Crippen molar-refractivity contribution in [3.63, 3.8) is 0 Å². The van der Waals surface area contributed by atoms with Crippen molar-refractivity contribution in [3.8, 4) is 0 Å². The van der Waals surface area contributed by atoms with Crippen LogP contribution in [0.25, 0.3) is 0 Å². The molecule has 0 amide bonds. The summed E-state index contributed by atoms with van der Waals surface area (Å²) >= 11 is 0. The highest BCUT2D eigenvalue weighted by Gasteiger charge is 2.26. The van der Waals surface area contributed by atoms with E-state index in [1.54, 1.807) is 0 Å². The summed E-state index contributed by atoms with van der Waals surface area (Å²) in [7, 11) is 0. The number of hydrogen-bond donors (Lipinski definition) is 2. The van der Waals surface area contributed by atoms with Gasteiger partial charge in [-0.15, -0.1) is 0 Å². The lowest BCUT2D eigenvalue weighted by Gasteiger charge is -2.40. The molecule has 0 aliphatic carbocycles. The van der Waals surface area contributed by atoms with E-state index in [1.807, 2.05) is 0 Å². The molecule has 0 aromatic heterocycles. The average molecular weight is 461 g/mol.